The van der Waals surface area contributed by atoms with Gasteiger partial charge in [-0.05, 0) is 31.2 Å². The fraction of sp³-hybridized carbons (Fsp3) is 0.625. The topological polar surface area (TPSA) is 62.5 Å². The molecule has 1 aliphatic carbocycles. The van der Waals surface area contributed by atoms with Crippen LogP contribution in [0.1, 0.15) is 55.8 Å². The first-order valence-corrected chi connectivity index (χ1v) is 7.40. The highest BCUT2D eigenvalue weighted by Gasteiger charge is 2.41. The van der Waals surface area contributed by atoms with E-state index in [-0.39, 0.29) is 23.7 Å². The lowest BCUT2D eigenvalue weighted by atomic mass is 9.75. The van der Waals surface area contributed by atoms with Gasteiger partial charge in [0.1, 0.15) is 6.04 Å². The molecular weight excluding hydrogens is 268 g/mol. The van der Waals surface area contributed by atoms with E-state index < -0.39 is 12.1 Å². The molecule has 2 atom stereocenters. The fourth-order valence-corrected chi connectivity index (χ4v) is 3.74. The van der Waals surface area contributed by atoms with Gasteiger partial charge < -0.3 is 9.67 Å². The lowest BCUT2D eigenvalue weighted by molar-refractivity contribution is -0.137. The molecule has 0 bridgehead atoms. The average molecular weight is 290 g/mol. The number of aliphatic hydroxyl groups excluding tert-OH is 1. The van der Waals surface area contributed by atoms with Crippen LogP contribution in [0.25, 0.3) is 0 Å². The summed E-state index contributed by atoms with van der Waals surface area (Å²) in [6.45, 7) is 6.19. The number of carbonyl (C=O) groups excluding carboxylic acids is 2. The van der Waals surface area contributed by atoms with Crippen LogP contribution in [-0.2, 0) is 16.0 Å². The Morgan fingerprint density at radius 1 is 1.33 bits per heavy atom. The van der Waals surface area contributed by atoms with Gasteiger partial charge in [-0.2, -0.15) is 0 Å². The third-order valence-electron chi connectivity index (χ3n) is 4.79. The van der Waals surface area contributed by atoms with Crippen LogP contribution in [0.3, 0.4) is 0 Å². The first-order valence-electron chi connectivity index (χ1n) is 7.40. The van der Waals surface area contributed by atoms with Gasteiger partial charge in [-0.3, -0.25) is 14.5 Å². The second kappa shape index (κ2) is 4.44. The van der Waals surface area contributed by atoms with E-state index in [1.165, 1.54) is 11.9 Å². The average Bonchev–Trinajstić information content (AvgIpc) is 2.80. The lowest BCUT2D eigenvalue weighted by Crippen LogP contribution is -2.30. The molecule has 1 N–H and O–H groups in total. The molecule has 21 heavy (non-hydrogen) atoms. The quantitative estimate of drug-likeness (QED) is 0.801. The molecule has 5 nitrogen and oxygen atoms in total. The van der Waals surface area contributed by atoms with Gasteiger partial charge in [0.05, 0.1) is 12.5 Å². The maximum atomic E-state index is 12.3. The number of rotatable bonds is 1. The van der Waals surface area contributed by atoms with E-state index in [1.807, 2.05) is 17.6 Å². The van der Waals surface area contributed by atoms with E-state index in [2.05, 4.69) is 13.8 Å². The fourth-order valence-electron chi connectivity index (χ4n) is 3.74. The number of carbonyl (C=O) groups is 2. The van der Waals surface area contributed by atoms with Crippen molar-refractivity contribution in [2.75, 3.05) is 7.05 Å². The third-order valence-corrected chi connectivity index (χ3v) is 4.79. The SMILES string of the molecule is Cc1cc2c(n1C1CC(=O)N(C)C1=O)CC(C)(C)CC2O. The zero-order valence-electron chi connectivity index (χ0n) is 13.0. The molecule has 5 heteroatoms. The molecule has 114 valence electrons. The largest absolute Gasteiger partial charge is 0.388 e. The van der Waals surface area contributed by atoms with Crippen LogP contribution < -0.4 is 0 Å². The second-order valence-corrected chi connectivity index (χ2v) is 7.13. The molecule has 0 saturated carbocycles. The van der Waals surface area contributed by atoms with Crippen molar-refractivity contribution >= 4 is 11.8 Å². The summed E-state index contributed by atoms with van der Waals surface area (Å²) in [5.41, 5.74) is 2.87. The maximum absolute atomic E-state index is 12.3. The molecule has 3 rings (SSSR count). The van der Waals surface area contributed by atoms with Crippen LogP contribution >= 0.6 is 0 Å². The number of aromatic nitrogens is 1. The van der Waals surface area contributed by atoms with Crippen molar-refractivity contribution in [3.8, 4) is 0 Å². The summed E-state index contributed by atoms with van der Waals surface area (Å²) < 4.78 is 1.98. The summed E-state index contributed by atoms with van der Waals surface area (Å²) in [6, 6.07) is 1.51. The Hall–Kier alpha value is -1.62. The number of fused-ring (bicyclic) bond motifs is 1. The minimum absolute atomic E-state index is 0.00742. The molecule has 1 aromatic rings. The highest BCUT2D eigenvalue weighted by atomic mass is 16.3. The van der Waals surface area contributed by atoms with Crippen molar-refractivity contribution in [3.63, 3.8) is 0 Å². The number of hydrogen-bond donors (Lipinski definition) is 1. The number of nitrogens with zero attached hydrogens (tertiary/aromatic N) is 2. The molecule has 2 amide bonds. The Labute approximate surface area is 124 Å². The van der Waals surface area contributed by atoms with Gasteiger partial charge in [-0.15, -0.1) is 0 Å². The van der Waals surface area contributed by atoms with Gasteiger partial charge in [0.15, 0.2) is 0 Å². The Morgan fingerprint density at radius 2 is 2.00 bits per heavy atom. The monoisotopic (exact) mass is 290 g/mol. The van der Waals surface area contributed by atoms with Crippen LogP contribution in [0.2, 0.25) is 0 Å². The van der Waals surface area contributed by atoms with Gasteiger partial charge in [0, 0.05) is 24.0 Å². The first-order chi connectivity index (χ1) is 9.71. The number of aryl methyl sites for hydroxylation is 1. The van der Waals surface area contributed by atoms with Gasteiger partial charge in [0.25, 0.3) is 5.91 Å². The van der Waals surface area contributed by atoms with Crippen molar-refractivity contribution in [1.82, 2.24) is 9.47 Å². The summed E-state index contributed by atoms with van der Waals surface area (Å²) in [6.07, 6.45) is 1.26. The number of imide groups is 1. The highest BCUT2D eigenvalue weighted by molar-refractivity contribution is 6.04. The van der Waals surface area contributed by atoms with Crippen molar-refractivity contribution in [2.45, 2.75) is 52.2 Å². The van der Waals surface area contributed by atoms with E-state index in [4.69, 9.17) is 0 Å². The standard InChI is InChI=1S/C16H22N2O3/c1-9-5-10-12(7-16(2,3)8-13(10)19)18(9)11-6-14(20)17(4)15(11)21/h5,11,13,19H,6-8H2,1-4H3. The van der Waals surface area contributed by atoms with Crippen molar-refractivity contribution in [3.05, 3.63) is 23.0 Å². The van der Waals surface area contributed by atoms with Crippen molar-refractivity contribution < 1.29 is 14.7 Å². The van der Waals surface area contributed by atoms with E-state index in [9.17, 15) is 14.7 Å². The summed E-state index contributed by atoms with van der Waals surface area (Å²) in [4.78, 5) is 25.3. The summed E-state index contributed by atoms with van der Waals surface area (Å²) in [5.74, 6) is -0.290. The number of aliphatic hydroxyl groups is 1. The molecular formula is C16H22N2O3. The van der Waals surface area contributed by atoms with E-state index >= 15 is 0 Å². The molecule has 1 saturated heterocycles. The van der Waals surface area contributed by atoms with Crippen LogP contribution in [0.5, 0.6) is 0 Å². The number of likely N-dealkylation sites (tertiary alicyclic amines) is 1. The van der Waals surface area contributed by atoms with Crippen LogP contribution in [0, 0.1) is 12.3 Å². The molecule has 2 unspecified atom stereocenters. The molecule has 1 fully saturated rings. The smallest absolute Gasteiger partial charge is 0.252 e. The van der Waals surface area contributed by atoms with Crippen LogP contribution in [0.4, 0.5) is 0 Å². The predicted molar refractivity (Wildman–Crippen MR) is 77.7 cm³/mol. The van der Waals surface area contributed by atoms with Gasteiger partial charge in [-0.25, -0.2) is 0 Å². The van der Waals surface area contributed by atoms with Crippen molar-refractivity contribution in [2.24, 2.45) is 5.41 Å². The zero-order valence-corrected chi connectivity index (χ0v) is 13.0. The molecule has 0 aromatic carbocycles. The van der Waals surface area contributed by atoms with Gasteiger partial charge >= 0.3 is 0 Å². The molecule has 2 heterocycles. The van der Waals surface area contributed by atoms with Crippen LogP contribution in [-0.4, -0.2) is 33.4 Å². The Morgan fingerprint density at radius 3 is 2.57 bits per heavy atom. The predicted octanol–water partition coefficient (Wildman–Crippen LogP) is 1.73. The van der Waals surface area contributed by atoms with E-state index in [0.717, 1.165) is 29.8 Å². The molecule has 1 aliphatic heterocycles. The third kappa shape index (κ3) is 2.11. The highest BCUT2D eigenvalue weighted by Crippen LogP contribution is 2.43. The summed E-state index contributed by atoms with van der Waals surface area (Å²) >= 11 is 0. The zero-order chi connectivity index (χ0) is 15.5. The normalized spacial score (nSPS) is 28.1. The molecule has 2 aliphatic rings. The first kappa shape index (κ1) is 14.3. The second-order valence-electron chi connectivity index (χ2n) is 7.13. The number of hydrogen-bond acceptors (Lipinski definition) is 3. The van der Waals surface area contributed by atoms with Crippen LogP contribution in [0.15, 0.2) is 6.07 Å². The van der Waals surface area contributed by atoms with E-state index in [1.54, 1.807) is 0 Å². The van der Waals surface area contributed by atoms with E-state index in [0.29, 0.717) is 0 Å². The van der Waals surface area contributed by atoms with Gasteiger partial charge in [-0.1, -0.05) is 13.8 Å². The molecule has 0 spiro atoms. The summed E-state index contributed by atoms with van der Waals surface area (Å²) in [5, 5.41) is 10.4. The summed E-state index contributed by atoms with van der Waals surface area (Å²) in [7, 11) is 1.54. The Balaban J connectivity index is 2.09. The maximum Gasteiger partial charge on any atom is 0.252 e. The lowest BCUT2D eigenvalue weighted by Gasteiger charge is -2.34. The Kier molecular flexibility index (Phi) is 3.03. The van der Waals surface area contributed by atoms with Gasteiger partial charge in [0.2, 0.25) is 5.91 Å². The number of likely N-dealkylation sites (N-methyl/N-ethyl adjacent to an activating group) is 1. The molecule has 1 aromatic heterocycles. The minimum Gasteiger partial charge on any atom is -0.388 e. The minimum atomic E-state index is -0.492. The van der Waals surface area contributed by atoms with Crippen molar-refractivity contribution in [1.29, 1.82) is 0 Å². The Bertz CT molecular complexity index is 630. The molecule has 0 radical (unpaired) electrons. The number of amides is 2.